The van der Waals surface area contributed by atoms with Gasteiger partial charge in [-0.25, -0.2) is 8.78 Å². The highest BCUT2D eigenvalue weighted by atomic mass is 19.4. The molecule has 102 valence electrons. The van der Waals surface area contributed by atoms with Crippen molar-refractivity contribution in [2.24, 2.45) is 5.92 Å². The lowest BCUT2D eigenvalue weighted by Crippen LogP contribution is -2.54. The minimum absolute atomic E-state index is 0.265. The highest BCUT2D eigenvalue weighted by Gasteiger charge is 2.59. The highest BCUT2D eigenvalue weighted by Crippen LogP contribution is 2.40. The van der Waals surface area contributed by atoms with Crippen LogP contribution in [0.25, 0.3) is 0 Å². The first-order valence-electron chi connectivity index (χ1n) is 5.48. The van der Waals surface area contributed by atoms with Crippen molar-refractivity contribution in [3.8, 4) is 0 Å². The lowest BCUT2D eigenvalue weighted by molar-refractivity contribution is -0.296. The lowest BCUT2D eigenvalue weighted by Gasteiger charge is -2.34. The van der Waals surface area contributed by atoms with Gasteiger partial charge >= 0.3 is 12.1 Å². The van der Waals surface area contributed by atoms with Gasteiger partial charge in [-0.3, -0.25) is 0 Å². The Morgan fingerprint density at radius 2 is 1.35 bits per heavy atom. The largest absolute Gasteiger partial charge is 0.420 e. The Labute approximate surface area is 95.4 Å². The summed E-state index contributed by atoms with van der Waals surface area (Å²) in [4.78, 5) is 0. The number of rotatable bonds is 3. The van der Waals surface area contributed by atoms with Crippen LogP contribution >= 0.6 is 0 Å². The second kappa shape index (κ2) is 5.06. The molecule has 0 radical (unpaired) electrons. The van der Waals surface area contributed by atoms with Gasteiger partial charge in [0.2, 0.25) is 6.10 Å². The molecule has 2 N–H and O–H groups in total. The number of aliphatic hydroxyl groups is 2. The van der Waals surface area contributed by atoms with Crippen molar-refractivity contribution in [3.05, 3.63) is 0 Å². The van der Waals surface area contributed by atoms with Gasteiger partial charge in [0.1, 0.15) is 6.10 Å². The first-order chi connectivity index (χ1) is 7.67. The molecule has 2 nitrogen and oxygen atoms in total. The molecule has 2 unspecified atom stereocenters. The Balaban J connectivity index is 2.74. The summed E-state index contributed by atoms with van der Waals surface area (Å²) < 4.78 is 62.6. The first-order valence-corrected chi connectivity index (χ1v) is 5.48. The van der Waals surface area contributed by atoms with E-state index in [0.29, 0.717) is 12.8 Å². The van der Waals surface area contributed by atoms with Crippen LogP contribution in [-0.2, 0) is 0 Å². The van der Waals surface area contributed by atoms with Crippen molar-refractivity contribution >= 4 is 0 Å². The van der Waals surface area contributed by atoms with E-state index in [1.54, 1.807) is 0 Å². The fourth-order valence-electron chi connectivity index (χ4n) is 2.14. The van der Waals surface area contributed by atoms with Gasteiger partial charge in [-0.05, 0) is 18.8 Å². The molecule has 17 heavy (non-hydrogen) atoms. The molecule has 0 bridgehead atoms. The molecule has 1 aliphatic carbocycles. The van der Waals surface area contributed by atoms with Gasteiger partial charge in [-0.15, -0.1) is 0 Å². The maximum Gasteiger partial charge on any atom is 0.420 e. The molecule has 1 aliphatic rings. The predicted octanol–water partition coefficient (Wildman–Crippen LogP) is 2.49. The monoisotopic (exact) mass is 262 g/mol. The molecule has 0 aromatic heterocycles. The molecule has 2 atom stereocenters. The molecule has 1 rings (SSSR count). The van der Waals surface area contributed by atoms with Gasteiger partial charge < -0.3 is 10.2 Å². The summed E-state index contributed by atoms with van der Waals surface area (Å²) in [5.74, 6) is -5.43. The topological polar surface area (TPSA) is 40.5 Å². The van der Waals surface area contributed by atoms with E-state index in [-0.39, 0.29) is 12.8 Å². The summed E-state index contributed by atoms with van der Waals surface area (Å²) in [5, 5.41) is 17.9. The summed E-state index contributed by atoms with van der Waals surface area (Å²) in [6.45, 7) is 0. The Kier molecular flexibility index (Phi) is 4.35. The Hall–Kier alpha value is -0.430. The van der Waals surface area contributed by atoms with Crippen molar-refractivity contribution in [2.45, 2.75) is 56.4 Å². The van der Waals surface area contributed by atoms with Gasteiger partial charge in [-0.1, -0.05) is 19.3 Å². The van der Waals surface area contributed by atoms with Crippen LogP contribution in [0, 0.1) is 5.92 Å². The number of halogens is 5. The zero-order valence-electron chi connectivity index (χ0n) is 9.05. The van der Waals surface area contributed by atoms with E-state index in [4.69, 9.17) is 5.11 Å². The van der Waals surface area contributed by atoms with Crippen molar-refractivity contribution in [2.75, 3.05) is 0 Å². The summed E-state index contributed by atoms with van der Waals surface area (Å²) in [6, 6.07) is 0. The van der Waals surface area contributed by atoms with Crippen LogP contribution in [0.3, 0.4) is 0 Å². The van der Waals surface area contributed by atoms with Gasteiger partial charge in [-0.2, -0.15) is 13.2 Å². The quantitative estimate of drug-likeness (QED) is 0.767. The minimum atomic E-state index is -5.43. The highest BCUT2D eigenvalue weighted by molar-refractivity contribution is 4.92. The van der Waals surface area contributed by atoms with E-state index in [9.17, 15) is 27.1 Å². The number of aliphatic hydroxyl groups excluding tert-OH is 2. The molecular formula is C10H15F5O2. The second-order valence-electron chi connectivity index (χ2n) is 4.46. The van der Waals surface area contributed by atoms with Gasteiger partial charge in [0, 0.05) is 0 Å². The number of alkyl halides is 5. The van der Waals surface area contributed by atoms with Crippen molar-refractivity contribution < 1.29 is 32.2 Å². The van der Waals surface area contributed by atoms with Gasteiger partial charge in [0.05, 0.1) is 0 Å². The fourth-order valence-corrected chi connectivity index (χ4v) is 2.14. The molecule has 1 fully saturated rings. The molecular weight excluding hydrogens is 247 g/mol. The smallest absolute Gasteiger partial charge is 0.386 e. The van der Waals surface area contributed by atoms with Gasteiger partial charge in [0.25, 0.3) is 0 Å². The third kappa shape index (κ3) is 3.28. The average molecular weight is 262 g/mol. The number of hydrogen-bond acceptors (Lipinski definition) is 2. The third-order valence-corrected chi connectivity index (χ3v) is 3.17. The average Bonchev–Trinajstić information content (AvgIpc) is 2.27. The van der Waals surface area contributed by atoms with Crippen molar-refractivity contribution in [1.29, 1.82) is 0 Å². The lowest BCUT2D eigenvalue weighted by atomic mass is 9.82. The van der Waals surface area contributed by atoms with E-state index in [0.717, 1.165) is 6.42 Å². The molecule has 0 heterocycles. The predicted molar refractivity (Wildman–Crippen MR) is 49.6 cm³/mol. The summed E-state index contributed by atoms with van der Waals surface area (Å²) >= 11 is 0. The first kappa shape index (κ1) is 14.6. The van der Waals surface area contributed by atoms with Gasteiger partial charge in [0.15, 0.2) is 0 Å². The standard InChI is InChI=1S/C10H15F5O2/c11-9(12,8(17)10(13,14)15)7(16)6-4-2-1-3-5-6/h6-8,16-17H,1-5H2. The molecule has 0 spiro atoms. The van der Waals surface area contributed by atoms with Crippen molar-refractivity contribution in [3.63, 3.8) is 0 Å². The molecule has 0 aliphatic heterocycles. The fraction of sp³-hybridized carbons (Fsp3) is 1.00. The van der Waals surface area contributed by atoms with E-state index in [1.165, 1.54) is 0 Å². The Morgan fingerprint density at radius 3 is 1.76 bits per heavy atom. The minimum Gasteiger partial charge on any atom is -0.386 e. The third-order valence-electron chi connectivity index (χ3n) is 3.17. The van der Waals surface area contributed by atoms with Crippen LogP contribution in [0.2, 0.25) is 0 Å². The van der Waals surface area contributed by atoms with Crippen LogP contribution in [-0.4, -0.2) is 34.5 Å². The van der Waals surface area contributed by atoms with Crippen LogP contribution in [0.4, 0.5) is 22.0 Å². The molecule has 0 aromatic carbocycles. The van der Waals surface area contributed by atoms with E-state index in [1.807, 2.05) is 0 Å². The number of hydrogen-bond donors (Lipinski definition) is 2. The van der Waals surface area contributed by atoms with Crippen LogP contribution in [0.1, 0.15) is 32.1 Å². The second-order valence-corrected chi connectivity index (χ2v) is 4.46. The van der Waals surface area contributed by atoms with E-state index < -0.39 is 30.2 Å². The van der Waals surface area contributed by atoms with E-state index in [2.05, 4.69) is 0 Å². The molecule has 0 amide bonds. The van der Waals surface area contributed by atoms with Crippen molar-refractivity contribution in [1.82, 2.24) is 0 Å². The maximum atomic E-state index is 13.3. The van der Waals surface area contributed by atoms with Crippen LogP contribution in [0.5, 0.6) is 0 Å². The summed E-state index contributed by atoms with van der Waals surface area (Å²) in [7, 11) is 0. The Bertz CT molecular complexity index is 248. The molecule has 1 saturated carbocycles. The zero-order valence-corrected chi connectivity index (χ0v) is 9.05. The van der Waals surface area contributed by atoms with Crippen LogP contribution < -0.4 is 0 Å². The maximum absolute atomic E-state index is 13.3. The molecule has 0 aromatic rings. The van der Waals surface area contributed by atoms with Crippen LogP contribution in [0.15, 0.2) is 0 Å². The van der Waals surface area contributed by atoms with E-state index >= 15 is 0 Å². The SMILES string of the molecule is OC(C1CCCCC1)C(F)(F)C(O)C(F)(F)F. The Morgan fingerprint density at radius 1 is 0.882 bits per heavy atom. The summed E-state index contributed by atoms with van der Waals surface area (Å²) in [5.41, 5.74) is 0. The molecule has 7 heteroatoms. The zero-order chi connectivity index (χ0) is 13.3. The normalized spacial score (nSPS) is 23.5. The molecule has 0 saturated heterocycles. The summed E-state index contributed by atoms with van der Waals surface area (Å²) in [6.07, 6.45) is -9.11.